The van der Waals surface area contributed by atoms with E-state index in [1.54, 1.807) is 0 Å². The van der Waals surface area contributed by atoms with Gasteiger partial charge in [-0.1, -0.05) is 285 Å². The summed E-state index contributed by atoms with van der Waals surface area (Å²) in [6.07, 6.45) is 49.7. The Labute approximate surface area is 554 Å². The first kappa shape index (κ1) is 88.5. The highest BCUT2D eigenvalue weighted by molar-refractivity contribution is 7.47. The number of phosphoric acid groups is 2. The van der Waals surface area contributed by atoms with Gasteiger partial charge < -0.3 is 33.8 Å². The van der Waals surface area contributed by atoms with E-state index in [1.807, 2.05) is 0 Å². The third kappa shape index (κ3) is 64.6. The van der Waals surface area contributed by atoms with Crippen molar-refractivity contribution in [3.63, 3.8) is 0 Å². The van der Waals surface area contributed by atoms with E-state index in [0.717, 1.165) is 121 Å². The second-order valence-electron chi connectivity index (χ2n) is 26.5. The summed E-state index contributed by atoms with van der Waals surface area (Å²) in [7, 11) is -9.92. The van der Waals surface area contributed by atoms with Crippen molar-refractivity contribution in [2.45, 2.75) is 356 Å². The molecule has 19 heteroatoms. The fourth-order valence-corrected chi connectivity index (χ4v) is 11.9. The van der Waals surface area contributed by atoms with Gasteiger partial charge in [0.2, 0.25) is 0 Å². The molecule has 0 saturated carbocycles. The van der Waals surface area contributed by atoms with Crippen LogP contribution < -0.4 is 0 Å². The van der Waals surface area contributed by atoms with Gasteiger partial charge >= 0.3 is 39.5 Å². The van der Waals surface area contributed by atoms with Gasteiger partial charge in [-0.05, 0) is 69.1 Å². The predicted molar refractivity (Wildman–Crippen MR) is 367 cm³/mol. The van der Waals surface area contributed by atoms with E-state index in [2.05, 4.69) is 72.8 Å². The highest BCUT2D eigenvalue weighted by atomic mass is 31.2. The number of esters is 4. The Bertz CT molecular complexity index is 1880. The van der Waals surface area contributed by atoms with Crippen LogP contribution in [-0.4, -0.2) is 96.7 Å². The molecule has 91 heavy (non-hydrogen) atoms. The molecule has 0 heterocycles. The number of unbranched alkanes of at least 4 members (excludes halogenated alkanes) is 32. The van der Waals surface area contributed by atoms with Crippen molar-refractivity contribution in [2.24, 2.45) is 17.8 Å². The van der Waals surface area contributed by atoms with E-state index in [4.69, 9.17) is 37.0 Å². The summed E-state index contributed by atoms with van der Waals surface area (Å²) in [5.41, 5.74) is 0. The monoisotopic (exact) mass is 1330 g/mol. The molecule has 0 aliphatic rings. The maximum atomic E-state index is 13.0. The second-order valence-corrected chi connectivity index (χ2v) is 29.4. The van der Waals surface area contributed by atoms with E-state index in [1.165, 1.54) is 122 Å². The van der Waals surface area contributed by atoms with Gasteiger partial charge in [-0.3, -0.25) is 37.3 Å². The van der Waals surface area contributed by atoms with Crippen LogP contribution in [0.2, 0.25) is 0 Å². The molecule has 0 aliphatic heterocycles. The summed E-state index contributed by atoms with van der Waals surface area (Å²) in [6, 6.07) is 0. The summed E-state index contributed by atoms with van der Waals surface area (Å²) < 4.78 is 68.2. The predicted octanol–water partition coefficient (Wildman–Crippen LogP) is 20.2. The van der Waals surface area contributed by atoms with Gasteiger partial charge in [0.1, 0.15) is 19.3 Å². The molecule has 0 radical (unpaired) electrons. The zero-order valence-electron chi connectivity index (χ0n) is 58.8. The van der Waals surface area contributed by atoms with Crippen LogP contribution in [0, 0.1) is 17.8 Å². The normalized spacial score (nSPS) is 14.6. The third-order valence-corrected chi connectivity index (χ3v) is 18.3. The van der Waals surface area contributed by atoms with Crippen LogP contribution >= 0.6 is 15.6 Å². The standard InChI is InChI=1S/C72H136O17P2/c1-8-10-11-12-13-14-15-16-17-21-24-27-30-41-48-55-71(76)88-67(59-82-69(74)53-46-39-34-32-36-43-50-63(3)4)61-86-90(78,79)84-57-66(73)58-85-91(80,81)87-62-68(60-83-70(75)54-47-40-35-33-37-44-51-64(5)6)89-72(77)56-49-42-31-28-25-22-19-18-20-23-26-29-38-45-52-65(7)9-2/h14-17,63-68,73H,8-13,18-62H2,1-7H3,(H,78,79)(H,80,81)/b15-14-,17-16-/t65?,66-,67-,68-/m1/s1. The lowest BCUT2D eigenvalue weighted by Crippen LogP contribution is -2.30. The molecule has 6 atom stereocenters. The molecule has 0 rings (SSSR count). The second kappa shape index (κ2) is 62.4. The summed E-state index contributed by atoms with van der Waals surface area (Å²) in [5, 5.41) is 10.6. The molecule has 0 fully saturated rings. The van der Waals surface area contributed by atoms with Gasteiger partial charge in [0.25, 0.3) is 0 Å². The summed E-state index contributed by atoms with van der Waals surface area (Å²) in [6.45, 7) is 11.7. The van der Waals surface area contributed by atoms with Crippen molar-refractivity contribution < 1.29 is 80.2 Å². The minimum Gasteiger partial charge on any atom is -0.462 e. The van der Waals surface area contributed by atoms with Crippen molar-refractivity contribution in [3.8, 4) is 0 Å². The van der Waals surface area contributed by atoms with Crippen molar-refractivity contribution >= 4 is 39.5 Å². The van der Waals surface area contributed by atoms with Crippen molar-refractivity contribution in [1.82, 2.24) is 0 Å². The Morgan fingerprint density at radius 3 is 0.978 bits per heavy atom. The van der Waals surface area contributed by atoms with E-state index >= 15 is 0 Å². The fourth-order valence-electron chi connectivity index (χ4n) is 10.3. The van der Waals surface area contributed by atoms with Gasteiger partial charge in [-0.2, -0.15) is 0 Å². The Morgan fingerprint density at radius 1 is 0.363 bits per heavy atom. The summed E-state index contributed by atoms with van der Waals surface area (Å²) in [4.78, 5) is 72.5. The first-order valence-corrected chi connectivity index (χ1v) is 39.7. The number of ether oxygens (including phenoxy) is 4. The van der Waals surface area contributed by atoms with Gasteiger partial charge in [0.15, 0.2) is 12.2 Å². The Morgan fingerprint density at radius 2 is 0.648 bits per heavy atom. The molecule has 0 aromatic carbocycles. The molecule has 3 unspecified atom stereocenters. The van der Waals surface area contributed by atoms with Crippen LogP contribution in [0.15, 0.2) is 24.3 Å². The number of carbonyl (C=O) groups excluding carboxylic acids is 4. The Kier molecular flexibility index (Phi) is 60.7. The molecule has 3 N–H and O–H groups in total. The fraction of sp³-hybridized carbons (Fsp3) is 0.889. The van der Waals surface area contributed by atoms with Crippen LogP contribution in [0.5, 0.6) is 0 Å². The third-order valence-electron chi connectivity index (χ3n) is 16.4. The number of aliphatic hydroxyl groups excluding tert-OH is 1. The van der Waals surface area contributed by atoms with Gasteiger partial charge in [0, 0.05) is 25.7 Å². The Balaban J connectivity index is 5.23. The quantitative estimate of drug-likeness (QED) is 0.0169. The smallest absolute Gasteiger partial charge is 0.462 e. The molecule has 0 amide bonds. The number of phosphoric ester groups is 2. The largest absolute Gasteiger partial charge is 0.472 e. The maximum absolute atomic E-state index is 13.0. The van der Waals surface area contributed by atoms with E-state index in [-0.39, 0.29) is 25.7 Å². The zero-order chi connectivity index (χ0) is 67.3. The van der Waals surface area contributed by atoms with Gasteiger partial charge in [-0.25, -0.2) is 9.13 Å². The lowest BCUT2D eigenvalue weighted by molar-refractivity contribution is -0.161. The molecular weight excluding hydrogens is 1200 g/mol. The number of aliphatic hydroxyl groups is 1. The minimum absolute atomic E-state index is 0.0835. The number of hydrogen-bond acceptors (Lipinski definition) is 15. The van der Waals surface area contributed by atoms with Crippen molar-refractivity contribution in [1.29, 1.82) is 0 Å². The molecule has 17 nitrogen and oxygen atoms in total. The first-order chi connectivity index (χ1) is 43.8. The molecule has 0 aliphatic carbocycles. The average Bonchev–Trinajstić information content (AvgIpc) is 3.72. The molecule has 0 aromatic rings. The van der Waals surface area contributed by atoms with Crippen molar-refractivity contribution in [2.75, 3.05) is 39.6 Å². The van der Waals surface area contributed by atoms with Crippen LogP contribution in [0.3, 0.4) is 0 Å². The minimum atomic E-state index is -4.96. The number of carbonyl (C=O) groups is 4. The zero-order valence-corrected chi connectivity index (χ0v) is 60.6. The lowest BCUT2D eigenvalue weighted by Gasteiger charge is -2.21. The molecule has 0 aromatic heterocycles. The van der Waals surface area contributed by atoms with E-state index < -0.39 is 97.5 Å². The topological polar surface area (TPSA) is 237 Å². The number of rotatable bonds is 68. The summed E-state index contributed by atoms with van der Waals surface area (Å²) in [5.74, 6) is 0.0391. The van der Waals surface area contributed by atoms with Crippen molar-refractivity contribution in [3.05, 3.63) is 24.3 Å². The maximum Gasteiger partial charge on any atom is 0.472 e. The molecule has 0 bridgehead atoms. The van der Waals surface area contributed by atoms with E-state index in [0.29, 0.717) is 37.5 Å². The first-order valence-electron chi connectivity index (χ1n) is 36.7. The number of allylic oxidation sites excluding steroid dienone is 4. The SMILES string of the molecule is CCCCCC/C=C\C=C/CCCCCCCC(=O)O[C@H](COC(=O)CCCCCCCCC(C)C)COP(=O)(O)OC[C@@H](O)COP(=O)(O)OC[C@@H](COC(=O)CCCCCCCCC(C)C)OC(=O)CCCCCCCCCCCCCCCCC(C)CC. The summed E-state index contributed by atoms with van der Waals surface area (Å²) >= 11 is 0. The van der Waals surface area contributed by atoms with Crippen LogP contribution in [0.1, 0.15) is 337 Å². The van der Waals surface area contributed by atoms with Gasteiger partial charge in [-0.15, -0.1) is 0 Å². The number of hydrogen-bond donors (Lipinski definition) is 3. The average molecular weight is 1340 g/mol. The molecule has 0 saturated heterocycles. The lowest BCUT2D eigenvalue weighted by atomic mass is 9.99. The molecule has 0 spiro atoms. The van der Waals surface area contributed by atoms with Crippen LogP contribution in [-0.2, 0) is 65.4 Å². The van der Waals surface area contributed by atoms with E-state index in [9.17, 15) is 43.2 Å². The molecule has 536 valence electrons. The van der Waals surface area contributed by atoms with Gasteiger partial charge in [0.05, 0.1) is 26.4 Å². The molecular formula is C72H136O17P2. The Hall–Kier alpha value is -2.46. The highest BCUT2D eigenvalue weighted by Gasteiger charge is 2.30. The van der Waals surface area contributed by atoms with Crippen LogP contribution in [0.25, 0.3) is 0 Å². The highest BCUT2D eigenvalue weighted by Crippen LogP contribution is 2.45. The van der Waals surface area contributed by atoms with Crippen LogP contribution in [0.4, 0.5) is 0 Å².